The second-order valence-electron chi connectivity index (χ2n) is 4.60. The van der Waals surface area contributed by atoms with Crippen LogP contribution in [0.15, 0.2) is 30.3 Å². The zero-order valence-corrected chi connectivity index (χ0v) is 10.4. The summed E-state index contributed by atoms with van der Waals surface area (Å²) in [6, 6.07) is 9.87. The van der Waals surface area contributed by atoms with Gasteiger partial charge in [0.1, 0.15) is 12.4 Å². The maximum absolute atomic E-state index is 5.71. The fraction of sp³-hybridized carbons (Fsp3) is 0.538. The third-order valence-electron chi connectivity index (χ3n) is 2.97. The Morgan fingerprint density at radius 2 is 1.88 bits per heavy atom. The van der Waals surface area contributed by atoms with Crippen molar-refractivity contribution >= 4 is 0 Å². The van der Waals surface area contributed by atoms with E-state index in [1.807, 2.05) is 30.3 Å². The lowest BCUT2D eigenvalue weighted by atomic mass is 10.0. The molecule has 0 spiro atoms. The van der Waals surface area contributed by atoms with Gasteiger partial charge in [0.05, 0.1) is 0 Å². The molecule has 0 heterocycles. The van der Waals surface area contributed by atoms with Gasteiger partial charge in [0.15, 0.2) is 0 Å². The van der Waals surface area contributed by atoms with Crippen LogP contribution in [-0.4, -0.2) is 37.2 Å². The summed E-state index contributed by atoms with van der Waals surface area (Å²) >= 11 is 0. The quantitative estimate of drug-likeness (QED) is 0.796. The van der Waals surface area contributed by atoms with E-state index in [0.717, 1.165) is 12.3 Å². The van der Waals surface area contributed by atoms with Crippen LogP contribution in [0, 0.1) is 0 Å². The van der Waals surface area contributed by atoms with Crippen LogP contribution < -0.4 is 10.5 Å². The van der Waals surface area contributed by atoms with Crippen LogP contribution in [0.1, 0.15) is 13.8 Å². The van der Waals surface area contributed by atoms with Crippen LogP contribution in [0.4, 0.5) is 0 Å². The van der Waals surface area contributed by atoms with Crippen molar-refractivity contribution in [3.05, 3.63) is 30.3 Å². The van der Waals surface area contributed by atoms with Crippen LogP contribution in [0.3, 0.4) is 0 Å². The number of likely N-dealkylation sites (N-methyl/N-ethyl adjacent to an activating group) is 1. The largest absolute Gasteiger partial charge is 0.492 e. The van der Waals surface area contributed by atoms with Crippen LogP contribution in [0.2, 0.25) is 0 Å². The number of nitrogens with zero attached hydrogens (tertiary/aromatic N) is 1. The highest BCUT2D eigenvalue weighted by atomic mass is 16.5. The molecule has 0 fully saturated rings. The molecule has 0 saturated heterocycles. The lowest BCUT2D eigenvalue weighted by Gasteiger charge is -2.34. The summed E-state index contributed by atoms with van der Waals surface area (Å²) in [5.74, 6) is 0.918. The molecule has 0 aliphatic heterocycles. The highest BCUT2D eigenvalue weighted by molar-refractivity contribution is 5.20. The summed E-state index contributed by atoms with van der Waals surface area (Å²) in [6.45, 7) is 6.48. The number of nitrogens with two attached hydrogens (primary N) is 1. The Balaban J connectivity index is 2.31. The molecule has 3 heteroatoms. The van der Waals surface area contributed by atoms with E-state index in [1.54, 1.807) is 0 Å². The predicted octanol–water partition coefficient (Wildman–Crippen LogP) is 1.73. The van der Waals surface area contributed by atoms with Crippen molar-refractivity contribution in [3.63, 3.8) is 0 Å². The Bertz CT molecular complexity index is 298. The molecule has 0 aliphatic rings. The molecule has 0 aliphatic carbocycles. The van der Waals surface area contributed by atoms with Crippen LogP contribution in [-0.2, 0) is 0 Å². The molecule has 0 bridgehead atoms. The van der Waals surface area contributed by atoms with Gasteiger partial charge in [-0.1, -0.05) is 18.2 Å². The maximum Gasteiger partial charge on any atom is 0.119 e. The molecule has 1 aromatic carbocycles. The van der Waals surface area contributed by atoms with E-state index in [4.69, 9.17) is 10.5 Å². The van der Waals surface area contributed by atoms with Crippen molar-refractivity contribution in [2.75, 3.05) is 26.7 Å². The third-order valence-corrected chi connectivity index (χ3v) is 2.97. The van der Waals surface area contributed by atoms with Crippen LogP contribution >= 0.6 is 0 Å². The predicted molar refractivity (Wildman–Crippen MR) is 67.7 cm³/mol. The standard InChI is InChI=1S/C13H22N2O/c1-13(2,11-14)15(3)9-10-16-12-7-5-4-6-8-12/h4-8H,9-11,14H2,1-3H3. The Hall–Kier alpha value is -1.06. The second-order valence-corrected chi connectivity index (χ2v) is 4.60. The van der Waals surface area contributed by atoms with Gasteiger partial charge in [0.2, 0.25) is 0 Å². The van der Waals surface area contributed by atoms with Crippen molar-refractivity contribution < 1.29 is 4.74 Å². The third kappa shape index (κ3) is 3.83. The van der Waals surface area contributed by atoms with Crippen molar-refractivity contribution in [1.29, 1.82) is 0 Å². The molecule has 0 amide bonds. The summed E-state index contributed by atoms with van der Waals surface area (Å²) in [7, 11) is 2.07. The van der Waals surface area contributed by atoms with Crippen molar-refractivity contribution in [2.24, 2.45) is 5.73 Å². The van der Waals surface area contributed by atoms with E-state index < -0.39 is 0 Å². The molecule has 1 aromatic rings. The molecule has 16 heavy (non-hydrogen) atoms. The maximum atomic E-state index is 5.71. The van der Waals surface area contributed by atoms with Gasteiger partial charge in [-0.25, -0.2) is 0 Å². The monoisotopic (exact) mass is 222 g/mol. The first-order valence-corrected chi connectivity index (χ1v) is 5.65. The molecule has 0 atom stereocenters. The van der Waals surface area contributed by atoms with Gasteiger partial charge in [-0.05, 0) is 33.0 Å². The van der Waals surface area contributed by atoms with Crippen LogP contribution in [0.5, 0.6) is 5.75 Å². The number of rotatable bonds is 6. The first kappa shape index (κ1) is 13.0. The molecule has 1 rings (SSSR count). The van der Waals surface area contributed by atoms with Gasteiger partial charge in [-0.2, -0.15) is 0 Å². The lowest BCUT2D eigenvalue weighted by Crippen LogP contribution is -2.48. The number of hydrogen-bond acceptors (Lipinski definition) is 3. The number of ether oxygens (including phenoxy) is 1. The number of hydrogen-bond donors (Lipinski definition) is 1. The van der Waals surface area contributed by atoms with Gasteiger partial charge < -0.3 is 10.5 Å². The number of para-hydroxylation sites is 1. The van der Waals surface area contributed by atoms with E-state index in [-0.39, 0.29) is 5.54 Å². The van der Waals surface area contributed by atoms with Crippen molar-refractivity contribution in [1.82, 2.24) is 4.90 Å². The molecule has 0 radical (unpaired) electrons. The Kier molecular flexibility index (Phi) is 4.77. The van der Waals surface area contributed by atoms with Gasteiger partial charge in [-0.15, -0.1) is 0 Å². The van der Waals surface area contributed by atoms with E-state index in [9.17, 15) is 0 Å². The first-order chi connectivity index (χ1) is 7.56. The van der Waals surface area contributed by atoms with E-state index in [1.165, 1.54) is 0 Å². The first-order valence-electron chi connectivity index (χ1n) is 5.65. The zero-order valence-electron chi connectivity index (χ0n) is 10.4. The molecule has 0 saturated carbocycles. The summed E-state index contributed by atoms with van der Waals surface area (Å²) in [5.41, 5.74) is 5.74. The SMILES string of the molecule is CN(CCOc1ccccc1)C(C)(C)CN. The Morgan fingerprint density at radius 1 is 1.25 bits per heavy atom. The topological polar surface area (TPSA) is 38.5 Å². The summed E-state index contributed by atoms with van der Waals surface area (Å²) in [5, 5.41) is 0. The van der Waals surface area contributed by atoms with Crippen molar-refractivity contribution in [2.45, 2.75) is 19.4 Å². The molecular weight excluding hydrogens is 200 g/mol. The summed E-state index contributed by atoms with van der Waals surface area (Å²) < 4.78 is 5.63. The highest BCUT2D eigenvalue weighted by Crippen LogP contribution is 2.11. The molecule has 90 valence electrons. The Labute approximate surface area is 98.2 Å². The highest BCUT2D eigenvalue weighted by Gasteiger charge is 2.20. The lowest BCUT2D eigenvalue weighted by molar-refractivity contribution is 0.135. The fourth-order valence-electron chi connectivity index (χ4n) is 1.28. The van der Waals surface area contributed by atoms with E-state index in [0.29, 0.717) is 13.2 Å². The van der Waals surface area contributed by atoms with E-state index >= 15 is 0 Å². The molecule has 0 aromatic heterocycles. The normalized spacial score (nSPS) is 11.8. The molecule has 0 unspecified atom stereocenters. The second kappa shape index (κ2) is 5.87. The molecule has 2 N–H and O–H groups in total. The molecular formula is C13H22N2O. The van der Waals surface area contributed by atoms with Crippen molar-refractivity contribution in [3.8, 4) is 5.75 Å². The average Bonchev–Trinajstić information content (AvgIpc) is 2.30. The fourth-order valence-corrected chi connectivity index (χ4v) is 1.28. The zero-order chi connectivity index (χ0) is 12.0. The number of benzene rings is 1. The smallest absolute Gasteiger partial charge is 0.119 e. The Morgan fingerprint density at radius 3 is 2.44 bits per heavy atom. The van der Waals surface area contributed by atoms with Gasteiger partial charge >= 0.3 is 0 Å². The van der Waals surface area contributed by atoms with E-state index in [2.05, 4.69) is 25.8 Å². The van der Waals surface area contributed by atoms with Gasteiger partial charge in [0, 0.05) is 18.6 Å². The van der Waals surface area contributed by atoms with Crippen LogP contribution in [0.25, 0.3) is 0 Å². The van der Waals surface area contributed by atoms with Gasteiger partial charge in [0.25, 0.3) is 0 Å². The summed E-state index contributed by atoms with van der Waals surface area (Å²) in [6.07, 6.45) is 0. The molecule has 3 nitrogen and oxygen atoms in total. The minimum absolute atomic E-state index is 0.0278. The summed E-state index contributed by atoms with van der Waals surface area (Å²) in [4.78, 5) is 2.22. The van der Waals surface area contributed by atoms with Gasteiger partial charge in [-0.3, -0.25) is 4.90 Å². The minimum Gasteiger partial charge on any atom is -0.492 e. The minimum atomic E-state index is 0.0278. The average molecular weight is 222 g/mol.